The Hall–Kier alpha value is -4.90. The van der Waals surface area contributed by atoms with Crippen molar-refractivity contribution >= 4 is 11.7 Å². The van der Waals surface area contributed by atoms with Crippen molar-refractivity contribution in [2.24, 2.45) is 0 Å². The van der Waals surface area contributed by atoms with Gasteiger partial charge in [-0.05, 0) is 62.2 Å². The lowest BCUT2D eigenvalue weighted by molar-refractivity contribution is 0.0689. The summed E-state index contributed by atoms with van der Waals surface area (Å²) in [6.07, 6.45) is 2.35. The van der Waals surface area contributed by atoms with Crippen LogP contribution in [0.2, 0.25) is 0 Å². The minimum Gasteiger partial charge on any atom is -0.496 e. The molecule has 0 amide bonds. The maximum absolute atomic E-state index is 12.8. The number of hydrogen-bond acceptors (Lipinski definition) is 8. The summed E-state index contributed by atoms with van der Waals surface area (Å²) in [6, 6.07) is 19.9. The third kappa shape index (κ3) is 4.67. The molecule has 0 fully saturated rings. The number of benzene rings is 3. The molecule has 8 heteroatoms. The van der Waals surface area contributed by atoms with Gasteiger partial charge in [-0.25, -0.2) is 4.79 Å². The predicted molar refractivity (Wildman–Crippen MR) is 136 cm³/mol. The molecule has 0 atom stereocenters. The molecule has 184 valence electrons. The summed E-state index contributed by atoms with van der Waals surface area (Å²) >= 11 is 0. The zero-order valence-electron chi connectivity index (χ0n) is 20.5. The molecule has 37 heavy (non-hydrogen) atoms. The fourth-order valence-corrected chi connectivity index (χ4v) is 4.17. The molecule has 4 aromatic rings. The summed E-state index contributed by atoms with van der Waals surface area (Å²) in [7, 11) is 1.51. The number of para-hydroxylation sites is 1. The van der Waals surface area contributed by atoms with E-state index in [1.54, 1.807) is 42.5 Å². The number of hydrogen-bond donors (Lipinski definition) is 0. The van der Waals surface area contributed by atoms with Crippen molar-refractivity contribution in [1.82, 2.24) is 10.1 Å². The highest BCUT2D eigenvalue weighted by Gasteiger charge is 2.25. The highest BCUT2D eigenvalue weighted by atomic mass is 16.5. The van der Waals surface area contributed by atoms with Crippen LogP contribution in [0.1, 0.15) is 40.9 Å². The predicted octanol–water partition coefficient (Wildman–Crippen LogP) is 5.83. The van der Waals surface area contributed by atoms with Crippen molar-refractivity contribution < 1.29 is 23.5 Å². The highest BCUT2D eigenvalue weighted by molar-refractivity contribution is 5.96. The van der Waals surface area contributed by atoms with E-state index in [4.69, 9.17) is 18.7 Å². The van der Waals surface area contributed by atoms with Gasteiger partial charge in [0.2, 0.25) is 5.82 Å². The first-order valence-electron chi connectivity index (χ1n) is 11.7. The lowest BCUT2D eigenvalue weighted by atomic mass is 10.0. The van der Waals surface area contributed by atoms with Gasteiger partial charge in [0.05, 0.1) is 18.8 Å². The molecule has 0 bridgehead atoms. The Morgan fingerprint density at radius 1 is 1.05 bits per heavy atom. The molecular formula is C29H23N3O5. The standard InChI is InChI=1S/C29H23N3O5/c1-17(2)35-24-13-11-18(15-19(24)16-30)28-31-27(32-37-28)22-9-6-8-21-20(22)12-14-26(21)36-29(33)23-7-4-5-10-25(23)34-3/h4-11,13-15,17H,12H2,1-3H3. The summed E-state index contributed by atoms with van der Waals surface area (Å²) in [6.45, 7) is 3.80. The Labute approximate surface area is 213 Å². The summed E-state index contributed by atoms with van der Waals surface area (Å²) in [5.41, 5.74) is 3.83. The SMILES string of the molecule is COc1ccccc1C(=O)OC1=CCc2c1cccc2-c1noc(-c2ccc(OC(C)C)c(C#N)c2)n1. The number of nitrogens with zero attached hydrogens (tertiary/aromatic N) is 3. The number of methoxy groups -OCH3 is 1. The van der Waals surface area contributed by atoms with Crippen LogP contribution < -0.4 is 9.47 Å². The van der Waals surface area contributed by atoms with Crippen LogP contribution in [-0.4, -0.2) is 29.3 Å². The third-order valence-electron chi connectivity index (χ3n) is 5.84. The van der Waals surface area contributed by atoms with E-state index in [9.17, 15) is 10.1 Å². The molecule has 1 heterocycles. The van der Waals surface area contributed by atoms with E-state index in [-0.39, 0.29) is 12.0 Å². The van der Waals surface area contributed by atoms with Crippen molar-refractivity contribution in [3.05, 3.63) is 89.0 Å². The van der Waals surface area contributed by atoms with E-state index in [0.29, 0.717) is 46.2 Å². The number of aromatic nitrogens is 2. The number of esters is 1. The first kappa shape index (κ1) is 23.8. The number of carbonyl (C=O) groups excluding carboxylic acids is 1. The Morgan fingerprint density at radius 2 is 1.86 bits per heavy atom. The van der Waals surface area contributed by atoms with Crippen LogP contribution in [0.15, 0.2) is 71.3 Å². The molecule has 0 saturated carbocycles. The normalized spacial score (nSPS) is 12.0. The zero-order chi connectivity index (χ0) is 25.9. The maximum Gasteiger partial charge on any atom is 0.347 e. The second kappa shape index (κ2) is 9.99. The maximum atomic E-state index is 12.8. The Balaban J connectivity index is 1.40. The Bertz CT molecular complexity index is 1560. The van der Waals surface area contributed by atoms with E-state index < -0.39 is 5.97 Å². The molecule has 0 radical (unpaired) electrons. The molecule has 3 aromatic carbocycles. The molecule has 1 aliphatic rings. The largest absolute Gasteiger partial charge is 0.496 e. The van der Waals surface area contributed by atoms with Crippen LogP contribution in [0.3, 0.4) is 0 Å². The van der Waals surface area contributed by atoms with E-state index >= 15 is 0 Å². The monoisotopic (exact) mass is 493 g/mol. The molecule has 8 nitrogen and oxygen atoms in total. The Morgan fingerprint density at radius 3 is 2.65 bits per heavy atom. The van der Waals surface area contributed by atoms with Gasteiger partial charge in [-0.3, -0.25) is 0 Å². The highest BCUT2D eigenvalue weighted by Crippen LogP contribution is 2.36. The van der Waals surface area contributed by atoms with E-state index in [1.165, 1.54) is 7.11 Å². The minimum atomic E-state index is -0.498. The number of ether oxygens (including phenoxy) is 3. The van der Waals surface area contributed by atoms with E-state index in [0.717, 1.165) is 16.7 Å². The first-order valence-corrected chi connectivity index (χ1v) is 11.7. The minimum absolute atomic E-state index is 0.0550. The van der Waals surface area contributed by atoms with Crippen LogP contribution in [0.25, 0.3) is 28.6 Å². The second-order valence-corrected chi connectivity index (χ2v) is 8.61. The van der Waals surface area contributed by atoms with Crippen LogP contribution >= 0.6 is 0 Å². The third-order valence-corrected chi connectivity index (χ3v) is 5.84. The van der Waals surface area contributed by atoms with Gasteiger partial charge >= 0.3 is 5.97 Å². The fourth-order valence-electron chi connectivity index (χ4n) is 4.17. The van der Waals surface area contributed by atoms with Crippen molar-refractivity contribution in [3.63, 3.8) is 0 Å². The van der Waals surface area contributed by atoms with Gasteiger partial charge in [-0.1, -0.05) is 35.5 Å². The van der Waals surface area contributed by atoms with Crippen LogP contribution in [0.5, 0.6) is 11.5 Å². The second-order valence-electron chi connectivity index (χ2n) is 8.61. The quantitative estimate of drug-likeness (QED) is 0.296. The molecule has 1 aliphatic carbocycles. The topological polar surface area (TPSA) is 107 Å². The van der Waals surface area contributed by atoms with Crippen LogP contribution in [0.4, 0.5) is 0 Å². The van der Waals surface area contributed by atoms with Crippen LogP contribution in [0, 0.1) is 11.3 Å². The summed E-state index contributed by atoms with van der Waals surface area (Å²) in [5.74, 6) is 1.61. The summed E-state index contributed by atoms with van der Waals surface area (Å²) in [5, 5.41) is 13.7. The number of carbonyl (C=O) groups is 1. The van der Waals surface area contributed by atoms with Gasteiger partial charge in [0.15, 0.2) is 0 Å². The van der Waals surface area contributed by atoms with E-state index in [1.807, 2.05) is 38.1 Å². The molecule has 0 saturated heterocycles. The number of fused-ring (bicyclic) bond motifs is 1. The van der Waals surface area contributed by atoms with Gasteiger partial charge in [0.25, 0.3) is 5.89 Å². The Kier molecular flexibility index (Phi) is 6.43. The lowest BCUT2D eigenvalue weighted by Gasteiger charge is -2.11. The summed E-state index contributed by atoms with van der Waals surface area (Å²) < 4.78 is 22.2. The number of rotatable bonds is 7. The van der Waals surface area contributed by atoms with Gasteiger partial charge in [-0.15, -0.1) is 0 Å². The van der Waals surface area contributed by atoms with Gasteiger partial charge in [0.1, 0.15) is 28.9 Å². The van der Waals surface area contributed by atoms with Gasteiger partial charge in [0, 0.05) is 16.7 Å². The van der Waals surface area contributed by atoms with Crippen molar-refractivity contribution in [1.29, 1.82) is 5.26 Å². The molecule has 5 rings (SSSR count). The molecule has 0 aliphatic heterocycles. The van der Waals surface area contributed by atoms with Gasteiger partial charge in [-0.2, -0.15) is 10.2 Å². The number of nitriles is 1. The average molecular weight is 494 g/mol. The lowest BCUT2D eigenvalue weighted by Crippen LogP contribution is -2.06. The molecule has 0 spiro atoms. The van der Waals surface area contributed by atoms with Crippen molar-refractivity contribution in [2.45, 2.75) is 26.4 Å². The van der Waals surface area contributed by atoms with Crippen molar-refractivity contribution in [3.8, 4) is 40.4 Å². The molecule has 0 N–H and O–H groups in total. The zero-order valence-corrected chi connectivity index (χ0v) is 20.5. The number of allylic oxidation sites excluding steroid dienone is 1. The smallest absolute Gasteiger partial charge is 0.347 e. The van der Waals surface area contributed by atoms with Crippen molar-refractivity contribution in [2.75, 3.05) is 7.11 Å². The molecule has 1 aromatic heterocycles. The van der Waals surface area contributed by atoms with Gasteiger partial charge < -0.3 is 18.7 Å². The van der Waals surface area contributed by atoms with E-state index in [2.05, 4.69) is 16.2 Å². The average Bonchev–Trinajstić information content (AvgIpc) is 3.56. The fraction of sp³-hybridized carbons (Fsp3) is 0.172. The van der Waals surface area contributed by atoms with Crippen LogP contribution in [-0.2, 0) is 11.2 Å². The summed E-state index contributed by atoms with van der Waals surface area (Å²) in [4.78, 5) is 17.4. The molecule has 0 unspecified atom stereocenters. The first-order chi connectivity index (χ1) is 18.0. The molecular weight excluding hydrogens is 470 g/mol.